The first-order valence-electron chi connectivity index (χ1n) is 4.94. The Morgan fingerprint density at radius 3 is 2.50 bits per heavy atom. The molecule has 0 saturated carbocycles. The number of thioether (sulfide) groups is 1. The molecular formula is C9H17F3N2OS. The van der Waals surface area contributed by atoms with E-state index >= 15 is 0 Å². The van der Waals surface area contributed by atoms with Crippen molar-refractivity contribution in [1.82, 2.24) is 10.6 Å². The molecule has 1 atom stereocenters. The maximum atomic E-state index is 11.8. The van der Waals surface area contributed by atoms with Gasteiger partial charge in [0.25, 0.3) is 0 Å². The lowest BCUT2D eigenvalue weighted by molar-refractivity contribution is -0.137. The van der Waals surface area contributed by atoms with Crippen LogP contribution in [0.5, 0.6) is 0 Å². The van der Waals surface area contributed by atoms with Gasteiger partial charge in [0.1, 0.15) is 6.54 Å². The van der Waals surface area contributed by atoms with Gasteiger partial charge in [-0.15, -0.1) is 0 Å². The van der Waals surface area contributed by atoms with Crippen molar-refractivity contribution in [1.29, 1.82) is 0 Å². The Hall–Kier alpha value is -0.430. The van der Waals surface area contributed by atoms with Crippen LogP contribution in [0.1, 0.15) is 13.3 Å². The highest BCUT2D eigenvalue weighted by atomic mass is 32.2. The fourth-order valence-corrected chi connectivity index (χ4v) is 1.78. The van der Waals surface area contributed by atoms with Crippen LogP contribution in [0.4, 0.5) is 13.2 Å². The maximum Gasteiger partial charge on any atom is 0.405 e. The largest absolute Gasteiger partial charge is 0.405 e. The third kappa shape index (κ3) is 8.84. The SMILES string of the molecule is CCC(CSC)NCC(=O)NCC(F)(F)F. The zero-order valence-corrected chi connectivity index (χ0v) is 10.2. The van der Waals surface area contributed by atoms with Crippen molar-refractivity contribution in [2.75, 3.05) is 25.1 Å². The highest BCUT2D eigenvalue weighted by molar-refractivity contribution is 7.98. The number of halogens is 3. The summed E-state index contributed by atoms with van der Waals surface area (Å²) < 4.78 is 35.3. The lowest BCUT2D eigenvalue weighted by atomic mass is 10.2. The van der Waals surface area contributed by atoms with E-state index in [0.717, 1.165) is 12.2 Å². The van der Waals surface area contributed by atoms with Gasteiger partial charge in [-0.1, -0.05) is 6.92 Å². The number of amides is 1. The average molecular weight is 258 g/mol. The first kappa shape index (κ1) is 15.6. The number of hydrogen-bond donors (Lipinski definition) is 2. The highest BCUT2D eigenvalue weighted by Gasteiger charge is 2.27. The summed E-state index contributed by atoms with van der Waals surface area (Å²) in [7, 11) is 0. The summed E-state index contributed by atoms with van der Waals surface area (Å²) in [4.78, 5) is 11.0. The molecule has 0 aliphatic carbocycles. The van der Waals surface area contributed by atoms with E-state index in [4.69, 9.17) is 0 Å². The van der Waals surface area contributed by atoms with Gasteiger partial charge >= 0.3 is 6.18 Å². The third-order valence-electron chi connectivity index (χ3n) is 1.90. The van der Waals surface area contributed by atoms with E-state index in [-0.39, 0.29) is 12.6 Å². The third-order valence-corrected chi connectivity index (χ3v) is 2.63. The fraction of sp³-hybridized carbons (Fsp3) is 0.889. The van der Waals surface area contributed by atoms with Crippen LogP contribution in [0.25, 0.3) is 0 Å². The Labute approximate surface area is 97.5 Å². The van der Waals surface area contributed by atoms with Crippen molar-refractivity contribution in [3.63, 3.8) is 0 Å². The molecule has 0 bridgehead atoms. The van der Waals surface area contributed by atoms with E-state index in [1.165, 1.54) is 0 Å². The standard InChI is InChI=1S/C9H17F3N2OS/c1-3-7(5-16-2)13-4-8(15)14-6-9(10,11)12/h7,13H,3-6H2,1-2H3,(H,14,15). The van der Waals surface area contributed by atoms with Gasteiger partial charge in [0.15, 0.2) is 0 Å². The van der Waals surface area contributed by atoms with Crippen molar-refractivity contribution < 1.29 is 18.0 Å². The molecule has 7 heteroatoms. The van der Waals surface area contributed by atoms with E-state index in [1.807, 2.05) is 18.5 Å². The molecule has 0 heterocycles. The molecule has 96 valence electrons. The second kappa shape index (κ2) is 7.78. The molecule has 16 heavy (non-hydrogen) atoms. The zero-order chi connectivity index (χ0) is 12.6. The lowest BCUT2D eigenvalue weighted by Gasteiger charge is -2.15. The van der Waals surface area contributed by atoms with E-state index in [1.54, 1.807) is 11.8 Å². The van der Waals surface area contributed by atoms with Crippen molar-refractivity contribution in [3.05, 3.63) is 0 Å². The molecule has 0 aromatic heterocycles. The van der Waals surface area contributed by atoms with Gasteiger partial charge in [-0.25, -0.2) is 0 Å². The minimum Gasteiger partial charge on any atom is -0.346 e. The molecule has 2 N–H and O–H groups in total. The summed E-state index contributed by atoms with van der Waals surface area (Å²) in [6.07, 6.45) is -1.57. The monoisotopic (exact) mass is 258 g/mol. The lowest BCUT2D eigenvalue weighted by Crippen LogP contribution is -2.42. The van der Waals surface area contributed by atoms with Gasteiger partial charge in [-0.2, -0.15) is 24.9 Å². The summed E-state index contributed by atoms with van der Waals surface area (Å²) in [6, 6.07) is 0.159. The Kier molecular flexibility index (Phi) is 7.57. The number of nitrogens with one attached hydrogen (secondary N) is 2. The molecule has 0 aromatic rings. The van der Waals surface area contributed by atoms with Crippen molar-refractivity contribution in [3.8, 4) is 0 Å². The normalized spacial score (nSPS) is 13.6. The summed E-state index contributed by atoms with van der Waals surface area (Å²) in [6.45, 7) is 0.615. The maximum absolute atomic E-state index is 11.8. The number of alkyl halides is 3. The van der Waals surface area contributed by atoms with E-state index < -0.39 is 18.6 Å². The molecule has 3 nitrogen and oxygen atoms in total. The quantitative estimate of drug-likeness (QED) is 0.725. The number of rotatable bonds is 7. The second-order valence-corrected chi connectivity index (χ2v) is 4.24. The van der Waals surface area contributed by atoms with Gasteiger partial charge in [0.05, 0.1) is 6.54 Å². The Balaban J connectivity index is 3.71. The molecule has 0 fully saturated rings. The van der Waals surface area contributed by atoms with Crippen molar-refractivity contribution in [2.24, 2.45) is 0 Å². The minimum atomic E-state index is -4.35. The molecule has 1 unspecified atom stereocenters. The van der Waals surface area contributed by atoms with Gasteiger partial charge < -0.3 is 10.6 Å². The molecule has 0 rings (SSSR count). The van der Waals surface area contributed by atoms with Crippen LogP contribution < -0.4 is 10.6 Å². The molecule has 0 radical (unpaired) electrons. The minimum absolute atomic E-state index is 0.0743. The number of carbonyl (C=O) groups excluding carboxylic acids is 1. The fourth-order valence-electron chi connectivity index (χ4n) is 1.02. The summed E-state index contributed by atoms with van der Waals surface area (Å²) in [5, 5.41) is 4.72. The topological polar surface area (TPSA) is 41.1 Å². The van der Waals surface area contributed by atoms with Crippen LogP contribution in [0, 0.1) is 0 Å². The molecular weight excluding hydrogens is 241 g/mol. The first-order valence-corrected chi connectivity index (χ1v) is 6.34. The van der Waals surface area contributed by atoms with Crippen molar-refractivity contribution >= 4 is 17.7 Å². The van der Waals surface area contributed by atoms with Crippen LogP contribution in [-0.2, 0) is 4.79 Å². The first-order chi connectivity index (χ1) is 7.39. The van der Waals surface area contributed by atoms with Crippen LogP contribution in [0.3, 0.4) is 0 Å². The predicted molar refractivity (Wildman–Crippen MR) is 59.5 cm³/mol. The Bertz CT molecular complexity index is 211. The predicted octanol–water partition coefficient (Wildman–Crippen LogP) is 1.40. The van der Waals surface area contributed by atoms with E-state index in [9.17, 15) is 18.0 Å². The van der Waals surface area contributed by atoms with E-state index in [2.05, 4.69) is 5.32 Å². The summed E-state index contributed by atoms with van der Waals surface area (Å²) >= 11 is 1.63. The van der Waals surface area contributed by atoms with Crippen LogP contribution in [-0.4, -0.2) is 43.2 Å². The molecule has 0 spiro atoms. The van der Waals surface area contributed by atoms with Gasteiger partial charge in [-0.05, 0) is 12.7 Å². The highest BCUT2D eigenvalue weighted by Crippen LogP contribution is 2.11. The van der Waals surface area contributed by atoms with Gasteiger partial charge in [0.2, 0.25) is 5.91 Å². The van der Waals surface area contributed by atoms with E-state index in [0.29, 0.717) is 0 Å². The second-order valence-electron chi connectivity index (χ2n) is 3.33. The van der Waals surface area contributed by atoms with Crippen LogP contribution >= 0.6 is 11.8 Å². The van der Waals surface area contributed by atoms with Crippen molar-refractivity contribution in [2.45, 2.75) is 25.6 Å². The molecule has 1 amide bonds. The zero-order valence-electron chi connectivity index (χ0n) is 9.36. The molecule has 0 aliphatic rings. The summed E-state index contributed by atoms with van der Waals surface area (Å²) in [5.41, 5.74) is 0. The van der Waals surface area contributed by atoms with Gasteiger partial charge in [0, 0.05) is 11.8 Å². The van der Waals surface area contributed by atoms with Crippen LogP contribution in [0.15, 0.2) is 0 Å². The molecule has 0 aliphatic heterocycles. The number of hydrogen-bond acceptors (Lipinski definition) is 3. The number of carbonyl (C=O) groups is 1. The average Bonchev–Trinajstić information content (AvgIpc) is 2.20. The molecule has 0 saturated heterocycles. The molecule has 0 aromatic carbocycles. The smallest absolute Gasteiger partial charge is 0.346 e. The van der Waals surface area contributed by atoms with Crippen LogP contribution in [0.2, 0.25) is 0 Å². The van der Waals surface area contributed by atoms with Gasteiger partial charge in [-0.3, -0.25) is 4.79 Å². The summed E-state index contributed by atoms with van der Waals surface area (Å²) in [5.74, 6) is 0.208. The Morgan fingerprint density at radius 1 is 1.44 bits per heavy atom. The Morgan fingerprint density at radius 2 is 2.06 bits per heavy atom.